The molecule has 0 radical (unpaired) electrons. The lowest BCUT2D eigenvalue weighted by Crippen LogP contribution is -2.39. The molecule has 1 aliphatic heterocycles. The topological polar surface area (TPSA) is 111 Å². The van der Waals surface area contributed by atoms with Gasteiger partial charge in [-0.05, 0) is 71.5 Å². The van der Waals surface area contributed by atoms with Crippen LogP contribution in [-0.2, 0) is 4.79 Å². The zero-order valence-corrected chi connectivity index (χ0v) is 25.7. The Hall–Kier alpha value is -4.85. The van der Waals surface area contributed by atoms with Crippen molar-refractivity contribution < 1.29 is 9.90 Å². The van der Waals surface area contributed by atoms with Crippen LogP contribution in [0, 0.1) is 0 Å². The predicted molar refractivity (Wildman–Crippen MR) is 181 cm³/mol. The quantitative estimate of drug-likeness (QED) is 0.172. The summed E-state index contributed by atoms with van der Waals surface area (Å²) >= 11 is 0. The van der Waals surface area contributed by atoms with Gasteiger partial charge in [0.2, 0.25) is 11.8 Å². The van der Waals surface area contributed by atoms with Gasteiger partial charge in [0.25, 0.3) is 16.7 Å². The molecule has 2 heterocycles. The Kier molecular flexibility index (Phi) is 5.86. The summed E-state index contributed by atoms with van der Waals surface area (Å²) in [4.78, 5) is 59.3. The average Bonchev–Trinajstić information content (AvgIpc) is 3.06. The van der Waals surface area contributed by atoms with Gasteiger partial charge < -0.3 is 5.11 Å². The van der Waals surface area contributed by atoms with E-state index in [9.17, 15) is 24.3 Å². The minimum atomic E-state index is -0.401. The maximum Gasteiger partial charge on any atom is 0.261 e. The highest BCUT2D eigenvalue weighted by molar-refractivity contribution is 6.37. The summed E-state index contributed by atoms with van der Waals surface area (Å²) in [5, 5.41) is 18.9. The van der Waals surface area contributed by atoms with Crippen LogP contribution in [0.2, 0.25) is 0 Å². The molecule has 8 nitrogen and oxygen atoms in total. The first-order valence-electron chi connectivity index (χ1n) is 16.6. The summed E-state index contributed by atoms with van der Waals surface area (Å²) in [5.41, 5.74) is 0.160. The van der Waals surface area contributed by atoms with Crippen molar-refractivity contribution >= 4 is 59.8 Å². The molecule has 1 aromatic heterocycles. The largest absolute Gasteiger partial charge is 0.494 e. The number of aromatic hydroxyl groups is 1. The van der Waals surface area contributed by atoms with E-state index in [1.807, 2.05) is 36.4 Å². The van der Waals surface area contributed by atoms with Gasteiger partial charge in [-0.1, -0.05) is 56.7 Å². The molecule has 0 spiro atoms. The summed E-state index contributed by atoms with van der Waals surface area (Å²) in [6, 6.07) is 12.8. The third-order valence-corrected chi connectivity index (χ3v) is 11.0. The number of aromatic nitrogens is 2. The van der Waals surface area contributed by atoms with Crippen molar-refractivity contribution in [2.75, 3.05) is 0 Å². The molecule has 2 fully saturated rings. The van der Waals surface area contributed by atoms with Gasteiger partial charge in [-0.2, -0.15) is 0 Å². The zero-order valence-electron chi connectivity index (χ0n) is 25.7. The van der Waals surface area contributed by atoms with Crippen LogP contribution in [0.15, 0.2) is 61.8 Å². The Morgan fingerprint density at radius 2 is 1.15 bits per heavy atom. The van der Waals surface area contributed by atoms with E-state index >= 15 is 0 Å². The molecule has 0 bridgehead atoms. The van der Waals surface area contributed by atoms with Crippen LogP contribution < -0.4 is 22.0 Å². The normalized spacial score (nSPS) is 17.6. The molecule has 1 N–H and O–H groups in total. The second-order valence-corrected chi connectivity index (χ2v) is 13.5. The summed E-state index contributed by atoms with van der Waals surface area (Å²) in [5.74, 6) is -0.418. The van der Waals surface area contributed by atoms with E-state index in [0.717, 1.165) is 91.1 Å². The van der Waals surface area contributed by atoms with E-state index in [0.29, 0.717) is 43.4 Å². The first kappa shape index (κ1) is 27.5. The first-order valence-corrected chi connectivity index (χ1v) is 16.6. The Morgan fingerprint density at radius 1 is 0.630 bits per heavy atom. The Balaban J connectivity index is 1.48. The Labute approximate surface area is 262 Å². The molecule has 3 aliphatic carbocycles. The molecule has 8 heteroatoms. The highest BCUT2D eigenvalue weighted by Crippen LogP contribution is 2.46. The number of amides is 1. The molecule has 2 saturated carbocycles. The van der Waals surface area contributed by atoms with E-state index < -0.39 is 5.91 Å². The zero-order chi connectivity index (χ0) is 31.4. The minimum Gasteiger partial charge on any atom is -0.494 e. The minimum absolute atomic E-state index is 0.0169. The lowest BCUT2D eigenvalue weighted by atomic mass is 9.83. The van der Waals surface area contributed by atoms with Gasteiger partial charge in [0, 0.05) is 56.9 Å². The number of hydrogen-bond acceptors (Lipinski definition) is 5. The highest BCUT2D eigenvalue weighted by Gasteiger charge is 2.30. The second kappa shape index (κ2) is 9.82. The van der Waals surface area contributed by atoms with Crippen LogP contribution in [0.4, 0.5) is 0 Å². The Bertz CT molecular complexity index is 2600. The van der Waals surface area contributed by atoms with Crippen LogP contribution in [0.5, 0.6) is 5.88 Å². The van der Waals surface area contributed by atoms with Gasteiger partial charge in [-0.25, -0.2) is 4.99 Å². The molecular formula is C38H33N3O5. The number of nitrogens with zero attached hydrogens (tertiary/aromatic N) is 3. The predicted octanol–water partition coefficient (Wildman–Crippen LogP) is 6.72. The lowest BCUT2D eigenvalue weighted by Gasteiger charge is -2.27. The molecule has 9 rings (SSSR count). The molecular weight excluding hydrogens is 578 g/mol. The molecule has 46 heavy (non-hydrogen) atoms. The van der Waals surface area contributed by atoms with Crippen molar-refractivity contribution in [2.24, 2.45) is 4.99 Å². The summed E-state index contributed by atoms with van der Waals surface area (Å²) < 4.78 is 3.03. The van der Waals surface area contributed by atoms with Crippen molar-refractivity contribution in [1.82, 2.24) is 9.13 Å². The molecule has 0 atom stereocenters. The molecule has 5 aromatic rings. The van der Waals surface area contributed by atoms with Gasteiger partial charge in [0.05, 0.1) is 10.9 Å². The number of pyridine rings is 2. The summed E-state index contributed by atoms with van der Waals surface area (Å²) in [6.07, 6.45) is 9.53. The van der Waals surface area contributed by atoms with Crippen LogP contribution in [-0.4, -0.2) is 20.1 Å². The fourth-order valence-electron chi connectivity index (χ4n) is 9.00. The van der Waals surface area contributed by atoms with E-state index in [-0.39, 0.29) is 34.6 Å². The van der Waals surface area contributed by atoms with Gasteiger partial charge in [0.1, 0.15) is 0 Å². The first-order chi connectivity index (χ1) is 22.3. The van der Waals surface area contributed by atoms with Crippen LogP contribution in [0.1, 0.15) is 83.2 Å². The maximum atomic E-state index is 14.2. The summed E-state index contributed by atoms with van der Waals surface area (Å²) in [7, 11) is 0. The summed E-state index contributed by atoms with van der Waals surface area (Å²) in [6.45, 7) is 1.39. The van der Waals surface area contributed by atoms with E-state index in [2.05, 4.69) is 4.99 Å². The molecule has 230 valence electrons. The number of carbonyl (C=O) groups excluding carboxylic acids is 1. The van der Waals surface area contributed by atoms with Crippen LogP contribution >= 0.6 is 0 Å². The van der Waals surface area contributed by atoms with Crippen LogP contribution in [0.3, 0.4) is 0 Å². The van der Waals surface area contributed by atoms with Gasteiger partial charge in [0.15, 0.2) is 0 Å². The average molecular weight is 612 g/mol. The van der Waals surface area contributed by atoms with E-state index in [1.165, 1.54) is 11.5 Å². The van der Waals surface area contributed by atoms with Gasteiger partial charge in [-0.15, -0.1) is 0 Å². The van der Waals surface area contributed by atoms with Gasteiger partial charge >= 0.3 is 0 Å². The van der Waals surface area contributed by atoms with Crippen molar-refractivity contribution in [3.8, 4) is 17.0 Å². The number of fused-ring (bicyclic) bond motifs is 2. The maximum absolute atomic E-state index is 14.2. The van der Waals surface area contributed by atoms with Crippen molar-refractivity contribution in [1.29, 1.82) is 0 Å². The number of hydrogen-bond donors (Lipinski definition) is 1. The molecule has 4 aliphatic rings. The Morgan fingerprint density at radius 3 is 1.83 bits per heavy atom. The SMILES string of the molecule is CC(=O)N=c1cc2c(=O)n(C3CCCCC3)c(=O)c3ccc4c5ccc6c(O)n(C7CCCCC7)c(=O)c7ccc(c1c4c3-2)c5c67. The van der Waals surface area contributed by atoms with E-state index in [1.54, 1.807) is 10.6 Å². The number of rotatable bonds is 2. The molecule has 0 unspecified atom stereocenters. The van der Waals surface area contributed by atoms with Crippen molar-refractivity contribution in [2.45, 2.75) is 83.2 Å². The lowest BCUT2D eigenvalue weighted by molar-refractivity contribution is -0.116. The molecule has 0 saturated heterocycles. The van der Waals surface area contributed by atoms with Crippen molar-refractivity contribution in [3.05, 3.63) is 78.9 Å². The number of benzene rings is 5. The fourth-order valence-corrected chi connectivity index (χ4v) is 9.00. The third-order valence-electron chi connectivity index (χ3n) is 11.0. The number of carbonyl (C=O) groups is 1. The van der Waals surface area contributed by atoms with Crippen molar-refractivity contribution in [3.63, 3.8) is 0 Å². The second-order valence-electron chi connectivity index (χ2n) is 13.5. The third kappa shape index (κ3) is 3.58. The standard InChI is InChI=1S/C38H33N3O5/c1-19(42)39-29-18-28-32-27(37(45)41(38(28)46)21-10-6-3-7-11-21)16-13-23-22-12-15-25-31-26(17-14-24(30(22)31)33(29)34(23)32)36(44)40(35(25)43)20-8-4-2-5-9-20/h12-18,20-21,43H,2-11H2,1H3. The molecule has 1 amide bonds. The smallest absolute Gasteiger partial charge is 0.261 e. The monoisotopic (exact) mass is 611 g/mol. The fraction of sp³-hybridized carbons (Fsp3) is 0.342. The van der Waals surface area contributed by atoms with Gasteiger partial charge in [-0.3, -0.25) is 28.3 Å². The van der Waals surface area contributed by atoms with Crippen LogP contribution in [0.25, 0.3) is 65.0 Å². The highest BCUT2D eigenvalue weighted by atomic mass is 16.3. The van der Waals surface area contributed by atoms with E-state index in [4.69, 9.17) is 0 Å². The molecule has 4 aromatic carbocycles.